The van der Waals surface area contributed by atoms with Crippen LogP contribution in [0.1, 0.15) is 36.7 Å². The summed E-state index contributed by atoms with van der Waals surface area (Å²) in [5, 5.41) is 0. The first-order chi connectivity index (χ1) is 9.13. The van der Waals surface area contributed by atoms with E-state index < -0.39 is 27.9 Å². The molecule has 0 bridgehead atoms. The second kappa shape index (κ2) is 4.70. The molecule has 1 heterocycles. The zero-order valence-corrected chi connectivity index (χ0v) is 12.5. The van der Waals surface area contributed by atoms with Crippen LogP contribution in [0, 0.1) is 5.41 Å². The molecule has 0 aliphatic carbocycles. The summed E-state index contributed by atoms with van der Waals surface area (Å²) in [4.78, 5) is 24.3. The van der Waals surface area contributed by atoms with Gasteiger partial charge in [0.15, 0.2) is 5.78 Å². The fourth-order valence-electron chi connectivity index (χ4n) is 1.93. The van der Waals surface area contributed by atoms with E-state index in [-0.39, 0.29) is 11.5 Å². The summed E-state index contributed by atoms with van der Waals surface area (Å²) >= 11 is 0. The molecule has 0 fully saturated rings. The number of hydrogen-bond acceptors (Lipinski definition) is 4. The SMILES string of the molecule is CC(C)(C)C(=O)CN1C(=O)c2ccccc2CS1(=O)=O. The minimum absolute atomic E-state index is 0.244. The number of benzene rings is 1. The molecule has 20 heavy (non-hydrogen) atoms. The molecule has 1 aliphatic heterocycles. The molecule has 0 saturated heterocycles. The molecular weight excluding hydrogens is 278 g/mol. The minimum atomic E-state index is -3.78. The molecular formula is C14H17NO4S. The van der Waals surface area contributed by atoms with Crippen molar-refractivity contribution in [2.24, 2.45) is 5.41 Å². The summed E-state index contributed by atoms with van der Waals surface area (Å²) in [6.07, 6.45) is 0. The maximum Gasteiger partial charge on any atom is 0.268 e. The lowest BCUT2D eigenvalue weighted by molar-refractivity contribution is -0.126. The second-order valence-corrected chi connectivity index (χ2v) is 7.79. The van der Waals surface area contributed by atoms with Crippen molar-refractivity contribution in [3.8, 4) is 0 Å². The van der Waals surface area contributed by atoms with Crippen LogP contribution in [0.15, 0.2) is 24.3 Å². The van der Waals surface area contributed by atoms with Crippen molar-refractivity contribution in [2.75, 3.05) is 6.54 Å². The Morgan fingerprint density at radius 3 is 2.45 bits per heavy atom. The summed E-state index contributed by atoms with van der Waals surface area (Å²) in [6, 6.07) is 6.57. The molecule has 0 atom stereocenters. The first-order valence-corrected chi connectivity index (χ1v) is 7.90. The number of ketones is 1. The lowest BCUT2D eigenvalue weighted by Gasteiger charge is -2.29. The smallest absolute Gasteiger partial charge is 0.268 e. The number of rotatable bonds is 2. The Balaban J connectivity index is 2.40. The lowest BCUT2D eigenvalue weighted by atomic mass is 9.91. The molecule has 1 amide bonds. The summed E-state index contributed by atoms with van der Waals surface area (Å²) in [7, 11) is -3.78. The van der Waals surface area contributed by atoms with E-state index in [4.69, 9.17) is 0 Å². The van der Waals surface area contributed by atoms with Crippen LogP contribution in [0.25, 0.3) is 0 Å². The molecule has 1 aromatic carbocycles. The molecule has 6 heteroatoms. The largest absolute Gasteiger partial charge is 0.297 e. The number of carbonyl (C=O) groups excluding carboxylic acids is 2. The topological polar surface area (TPSA) is 71.5 Å². The van der Waals surface area contributed by atoms with E-state index in [2.05, 4.69) is 0 Å². The first-order valence-electron chi connectivity index (χ1n) is 6.29. The number of amides is 1. The van der Waals surface area contributed by atoms with Crippen molar-refractivity contribution in [3.05, 3.63) is 35.4 Å². The van der Waals surface area contributed by atoms with Crippen LogP contribution in [0.4, 0.5) is 0 Å². The standard InChI is InChI=1S/C14H17NO4S/c1-14(2,3)12(16)8-15-13(17)11-7-5-4-6-10(11)9-20(15,18)19/h4-7H,8-9H2,1-3H3. The van der Waals surface area contributed by atoms with Crippen molar-refractivity contribution in [1.82, 2.24) is 4.31 Å². The van der Waals surface area contributed by atoms with E-state index >= 15 is 0 Å². The monoisotopic (exact) mass is 295 g/mol. The van der Waals surface area contributed by atoms with Gasteiger partial charge in [-0.2, -0.15) is 0 Å². The van der Waals surface area contributed by atoms with Crippen LogP contribution in [-0.2, 0) is 20.6 Å². The predicted octanol–water partition coefficient (Wildman–Crippen LogP) is 1.59. The number of hydrogen-bond donors (Lipinski definition) is 0. The molecule has 2 rings (SSSR count). The van der Waals surface area contributed by atoms with Gasteiger partial charge in [-0.3, -0.25) is 9.59 Å². The van der Waals surface area contributed by atoms with Gasteiger partial charge in [-0.25, -0.2) is 12.7 Å². The zero-order chi connectivity index (χ0) is 15.1. The van der Waals surface area contributed by atoms with Crippen LogP contribution in [0.5, 0.6) is 0 Å². The molecule has 0 radical (unpaired) electrons. The van der Waals surface area contributed by atoms with Crippen molar-refractivity contribution >= 4 is 21.7 Å². The highest BCUT2D eigenvalue weighted by Crippen LogP contribution is 2.26. The van der Waals surface area contributed by atoms with Crippen molar-refractivity contribution in [1.29, 1.82) is 0 Å². The Bertz CT molecular complexity index is 671. The Kier molecular flexibility index (Phi) is 3.46. The molecule has 0 saturated carbocycles. The normalized spacial score (nSPS) is 17.8. The first kappa shape index (κ1) is 14.7. The molecule has 5 nitrogen and oxygen atoms in total. The fourth-order valence-corrected chi connectivity index (χ4v) is 3.39. The predicted molar refractivity (Wildman–Crippen MR) is 74.6 cm³/mol. The molecule has 1 aliphatic rings. The zero-order valence-electron chi connectivity index (χ0n) is 11.7. The maximum atomic E-state index is 12.3. The van der Waals surface area contributed by atoms with E-state index in [1.54, 1.807) is 45.0 Å². The van der Waals surface area contributed by atoms with E-state index in [9.17, 15) is 18.0 Å². The van der Waals surface area contributed by atoms with Gasteiger partial charge in [-0.15, -0.1) is 0 Å². The van der Waals surface area contributed by atoms with Gasteiger partial charge in [0.25, 0.3) is 5.91 Å². The summed E-state index contributed by atoms with van der Waals surface area (Å²) in [5.41, 5.74) is 0.147. The highest BCUT2D eigenvalue weighted by molar-refractivity contribution is 7.89. The van der Waals surface area contributed by atoms with Crippen LogP contribution in [0.2, 0.25) is 0 Å². The van der Waals surface area contributed by atoms with Gasteiger partial charge in [0, 0.05) is 11.0 Å². The van der Waals surface area contributed by atoms with Gasteiger partial charge in [-0.1, -0.05) is 39.0 Å². The van der Waals surface area contributed by atoms with E-state index in [1.807, 2.05) is 0 Å². The van der Waals surface area contributed by atoms with Crippen molar-refractivity contribution in [2.45, 2.75) is 26.5 Å². The molecule has 1 aromatic rings. The van der Waals surface area contributed by atoms with Gasteiger partial charge < -0.3 is 0 Å². The highest BCUT2D eigenvalue weighted by atomic mass is 32.2. The minimum Gasteiger partial charge on any atom is -0.297 e. The number of Topliss-reactive ketones (excluding diaryl/α,β-unsaturated/α-hetero) is 1. The van der Waals surface area contributed by atoms with Crippen molar-refractivity contribution < 1.29 is 18.0 Å². The van der Waals surface area contributed by atoms with E-state index in [0.29, 0.717) is 15.4 Å². The van der Waals surface area contributed by atoms with Gasteiger partial charge in [0.2, 0.25) is 10.0 Å². The average Bonchev–Trinajstić information content (AvgIpc) is 2.32. The summed E-state index contributed by atoms with van der Waals surface area (Å²) in [6.45, 7) is 4.69. The van der Waals surface area contributed by atoms with Gasteiger partial charge in [0.05, 0.1) is 12.3 Å². The number of carbonyl (C=O) groups is 2. The number of nitrogens with zero attached hydrogens (tertiary/aromatic N) is 1. The quantitative estimate of drug-likeness (QED) is 0.830. The van der Waals surface area contributed by atoms with Crippen LogP contribution >= 0.6 is 0 Å². The summed E-state index contributed by atoms with van der Waals surface area (Å²) < 4.78 is 25.0. The third-order valence-electron chi connectivity index (χ3n) is 3.27. The Hall–Kier alpha value is -1.69. The lowest BCUT2D eigenvalue weighted by Crippen LogP contribution is -2.46. The average molecular weight is 295 g/mol. The number of sulfonamides is 1. The molecule has 0 unspecified atom stereocenters. The Morgan fingerprint density at radius 2 is 1.85 bits per heavy atom. The van der Waals surface area contributed by atoms with Crippen molar-refractivity contribution in [3.63, 3.8) is 0 Å². The molecule has 108 valence electrons. The molecule has 0 aromatic heterocycles. The number of fused-ring (bicyclic) bond motifs is 1. The van der Waals surface area contributed by atoms with Crippen LogP contribution < -0.4 is 0 Å². The van der Waals surface area contributed by atoms with Gasteiger partial charge >= 0.3 is 0 Å². The van der Waals surface area contributed by atoms with Gasteiger partial charge in [0.1, 0.15) is 0 Å². The van der Waals surface area contributed by atoms with E-state index in [0.717, 1.165) is 0 Å². The highest BCUT2D eigenvalue weighted by Gasteiger charge is 2.38. The second-order valence-electron chi connectivity index (χ2n) is 5.90. The maximum absolute atomic E-state index is 12.3. The fraction of sp³-hybridized carbons (Fsp3) is 0.429. The third-order valence-corrected chi connectivity index (χ3v) is 4.91. The molecule has 0 spiro atoms. The van der Waals surface area contributed by atoms with Crippen LogP contribution in [-0.4, -0.2) is 31.0 Å². The van der Waals surface area contributed by atoms with Gasteiger partial charge in [-0.05, 0) is 11.6 Å². The molecule has 0 N–H and O–H groups in total. The Morgan fingerprint density at radius 1 is 1.25 bits per heavy atom. The van der Waals surface area contributed by atoms with Crippen LogP contribution in [0.3, 0.4) is 0 Å². The third kappa shape index (κ3) is 2.60. The Labute approximate surface area is 118 Å². The summed E-state index contributed by atoms with van der Waals surface area (Å²) in [5.74, 6) is -1.15. The van der Waals surface area contributed by atoms with E-state index in [1.165, 1.54) is 0 Å².